The second-order valence-electron chi connectivity index (χ2n) is 7.97. The molecule has 162 valence electrons. The van der Waals surface area contributed by atoms with Crippen molar-refractivity contribution in [2.45, 2.75) is 31.5 Å². The maximum Gasteiger partial charge on any atom is 0.138 e. The maximum absolute atomic E-state index is 9.84. The number of benzene rings is 2. The molecule has 0 radical (unpaired) electrons. The molecule has 6 heteroatoms. The SMILES string of the molecule is C[C@H](O)c1nccn1[C@@H](C#Cc1ccc(-c2ccc([C@H]3CCN3CC#N)cc2)cc1)CO. The van der Waals surface area contributed by atoms with E-state index in [1.807, 2.05) is 24.3 Å². The quantitative estimate of drug-likeness (QED) is 0.466. The minimum atomic E-state index is -0.731. The van der Waals surface area contributed by atoms with Crippen molar-refractivity contribution >= 4 is 0 Å². The van der Waals surface area contributed by atoms with Crippen molar-refractivity contribution < 1.29 is 10.2 Å². The number of aromatic nitrogens is 2. The van der Waals surface area contributed by atoms with Gasteiger partial charge in [-0.25, -0.2) is 4.98 Å². The highest BCUT2D eigenvalue weighted by Crippen LogP contribution is 2.33. The molecule has 0 saturated carbocycles. The van der Waals surface area contributed by atoms with Gasteiger partial charge < -0.3 is 14.8 Å². The molecule has 1 aromatic heterocycles. The first-order valence-corrected chi connectivity index (χ1v) is 10.7. The molecule has 0 amide bonds. The summed E-state index contributed by atoms with van der Waals surface area (Å²) in [6.07, 6.45) is 3.68. The van der Waals surface area contributed by atoms with Crippen LogP contribution in [-0.2, 0) is 0 Å². The number of nitrogens with zero attached hydrogens (tertiary/aromatic N) is 4. The molecule has 3 atom stereocenters. The van der Waals surface area contributed by atoms with Crippen molar-refractivity contribution in [2.75, 3.05) is 19.7 Å². The Hall–Kier alpha value is -3.42. The van der Waals surface area contributed by atoms with Crippen LogP contribution in [0.25, 0.3) is 11.1 Å². The van der Waals surface area contributed by atoms with E-state index in [4.69, 9.17) is 5.26 Å². The third-order valence-corrected chi connectivity index (χ3v) is 5.88. The number of imidazole rings is 1. The number of aliphatic hydroxyl groups is 2. The van der Waals surface area contributed by atoms with Crippen LogP contribution in [0.4, 0.5) is 0 Å². The molecule has 1 fully saturated rings. The van der Waals surface area contributed by atoms with Gasteiger partial charge in [0, 0.05) is 30.5 Å². The van der Waals surface area contributed by atoms with Crippen LogP contribution in [0.2, 0.25) is 0 Å². The summed E-state index contributed by atoms with van der Waals surface area (Å²) in [5.74, 6) is 6.67. The summed E-state index contributed by atoms with van der Waals surface area (Å²) in [6.45, 7) is 2.94. The van der Waals surface area contributed by atoms with Gasteiger partial charge in [0.05, 0.1) is 19.2 Å². The molecule has 2 heterocycles. The molecule has 0 spiro atoms. The lowest BCUT2D eigenvalue weighted by atomic mass is 9.93. The van der Waals surface area contributed by atoms with E-state index in [1.165, 1.54) is 5.56 Å². The maximum atomic E-state index is 9.84. The lowest BCUT2D eigenvalue weighted by molar-refractivity contribution is 0.109. The minimum Gasteiger partial charge on any atom is -0.393 e. The summed E-state index contributed by atoms with van der Waals surface area (Å²) >= 11 is 0. The molecule has 1 aliphatic rings. The number of rotatable bonds is 6. The molecule has 32 heavy (non-hydrogen) atoms. The van der Waals surface area contributed by atoms with Crippen LogP contribution in [-0.4, -0.2) is 44.4 Å². The van der Waals surface area contributed by atoms with E-state index < -0.39 is 12.1 Å². The summed E-state index contributed by atoms with van der Waals surface area (Å²) in [6, 6.07) is 18.7. The molecular weight excluding hydrogens is 400 g/mol. The monoisotopic (exact) mass is 426 g/mol. The molecule has 4 rings (SSSR count). The molecular formula is C26H26N4O2. The fraction of sp³-hybridized carbons (Fsp3) is 0.308. The Labute approximate surface area is 188 Å². The number of aliphatic hydroxyl groups excluding tert-OH is 2. The molecule has 3 aromatic rings. The van der Waals surface area contributed by atoms with E-state index in [9.17, 15) is 10.2 Å². The van der Waals surface area contributed by atoms with E-state index in [0.717, 1.165) is 29.7 Å². The molecule has 0 aliphatic carbocycles. The van der Waals surface area contributed by atoms with Crippen LogP contribution in [0.1, 0.15) is 48.5 Å². The molecule has 1 saturated heterocycles. The van der Waals surface area contributed by atoms with Crippen LogP contribution < -0.4 is 0 Å². The van der Waals surface area contributed by atoms with E-state index in [0.29, 0.717) is 18.4 Å². The highest BCUT2D eigenvalue weighted by atomic mass is 16.3. The van der Waals surface area contributed by atoms with E-state index in [-0.39, 0.29) is 6.61 Å². The number of hydrogen-bond donors (Lipinski definition) is 2. The van der Waals surface area contributed by atoms with Gasteiger partial charge in [0.2, 0.25) is 0 Å². The molecule has 2 N–H and O–H groups in total. The highest BCUT2D eigenvalue weighted by Gasteiger charge is 2.28. The predicted molar refractivity (Wildman–Crippen MR) is 122 cm³/mol. The zero-order valence-electron chi connectivity index (χ0n) is 18.0. The van der Waals surface area contributed by atoms with Crippen molar-refractivity contribution in [3.63, 3.8) is 0 Å². The van der Waals surface area contributed by atoms with Gasteiger partial charge in [-0.3, -0.25) is 4.90 Å². The first-order valence-electron chi connectivity index (χ1n) is 10.7. The van der Waals surface area contributed by atoms with Gasteiger partial charge in [-0.1, -0.05) is 48.2 Å². The standard InChI is InChI=1S/C26H26N4O2/c1-19(32)26-28-14-17-30(26)24(18-31)11-4-20-2-5-21(6-3-20)22-7-9-23(10-8-22)25-12-15-29(25)16-13-27/h2-3,5-10,14,17,19,24-25,31-32H,12,15-16,18H2,1H3/t19-,24-,25+/m0/s1. The van der Waals surface area contributed by atoms with Crippen LogP contribution in [0.3, 0.4) is 0 Å². The first kappa shape index (κ1) is 21.8. The zero-order chi connectivity index (χ0) is 22.5. The van der Waals surface area contributed by atoms with Crippen molar-refractivity contribution in [1.82, 2.24) is 14.5 Å². The van der Waals surface area contributed by atoms with E-state index >= 15 is 0 Å². The molecule has 1 aliphatic heterocycles. The van der Waals surface area contributed by atoms with Gasteiger partial charge in [-0.15, -0.1) is 0 Å². The van der Waals surface area contributed by atoms with Gasteiger partial charge in [0.1, 0.15) is 18.0 Å². The van der Waals surface area contributed by atoms with Crippen LogP contribution in [0.5, 0.6) is 0 Å². The Morgan fingerprint density at radius 2 is 1.81 bits per heavy atom. The highest BCUT2D eigenvalue weighted by molar-refractivity contribution is 5.64. The lowest BCUT2D eigenvalue weighted by Crippen LogP contribution is -2.40. The summed E-state index contributed by atoms with van der Waals surface area (Å²) < 4.78 is 1.70. The second-order valence-corrected chi connectivity index (χ2v) is 7.97. The Morgan fingerprint density at radius 3 is 2.38 bits per heavy atom. The van der Waals surface area contributed by atoms with Gasteiger partial charge in [-0.05, 0) is 42.2 Å². The number of likely N-dealkylation sites (tertiary alicyclic amines) is 1. The van der Waals surface area contributed by atoms with Gasteiger partial charge in [0.25, 0.3) is 0 Å². The molecule has 2 aromatic carbocycles. The summed E-state index contributed by atoms with van der Waals surface area (Å²) in [5, 5.41) is 28.5. The summed E-state index contributed by atoms with van der Waals surface area (Å²) in [5.41, 5.74) is 4.34. The smallest absolute Gasteiger partial charge is 0.138 e. The van der Waals surface area contributed by atoms with Gasteiger partial charge in [-0.2, -0.15) is 5.26 Å². The Bertz CT molecular complexity index is 1150. The Morgan fingerprint density at radius 1 is 1.12 bits per heavy atom. The van der Waals surface area contributed by atoms with Crippen molar-refractivity contribution in [3.05, 3.63) is 77.9 Å². The van der Waals surface area contributed by atoms with Crippen molar-refractivity contribution in [3.8, 4) is 29.0 Å². The molecule has 0 unspecified atom stereocenters. The largest absolute Gasteiger partial charge is 0.393 e. The van der Waals surface area contributed by atoms with Gasteiger partial charge in [0.15, 0.2) is 0 Å². The van der Waals surface area contributed by atoms with Crippen molar-refractivity contribution in [1.29, 1.82) is 5.26 Å². The Kier molecular flexibility index (Phi) is 6.68. The fourth-order valence-corrected chi connectivity index (χ4v) is 4.02. The predicted octanol–water partition coefficient (Wildman–Crippen LogP) is 3.46. The van der Waals surface area contributed by atoms with Crippen molar-refractivity contribution in [2.24, 2.45) is 0 Å². The first-order chi connectivity index (χ1) is 15.6. The van der Waals surface area contributed by atoms with Gasteiger partial charge >= 0.3 is 0 Å². The summed E-state index contributed by atoms with van der Waals surface area (Å²) in [4.78, 5) is 6.33. The third-order valence-electron chi connectivity index (χ3n) is 5.88. The normalized spacial score (nSPS) is 17.5. The zero-order valence-corrected chi connectivity index (χ0v) is 18.0. The number of hydrogen-bond acceptors (Lipinski definition) is 5. The van der Waals surface area contributed by atoms with E-state index in [1.54, 1.807) is 23.9 Å². The second kappa shape index (κ2) is 9.80. The lowest BCUT2D eigenvalue weighted by Gasteiger charge is -2.39. The van der Waals surface area contributed by atoms with E-state index in [2.05, 4.69) is 52.1 Å². The molecule has 6 nitrogen and oxygen atoms in total. The average Bonchev–Trinajstić information content (AvgIpc) is 3.28. The summed E-state index contributed by atoms with van der Waals surface area (Å²) in [7, 11) is 0. The minimum absolute atomic E-state index is 0.166. The van der Waals surface area contributed by atoms with Crippen LogP contribution in [0, 0.1) is 23.2 Å². The Balaban J connectivity index is 1.46. The average molecular weight is 427 g/mol. The number of nitriles is 1. The van der Waals surface area contributed by atoms with Crippen LogP contribution >= 0.6 is 0 Å². The topological polar surface area (TPSA) is 85.3 Å². The fourth-order valence-electron chi connectivity index (χ4n) is 4.02. The molecule has 0 bridgehead atoms. The van der Waals surface area contributed by atoms with Crippen LogP contribution in [0.15, 0.2) is 60.9 Å². The third kappa shape index (κ3) is 4.59.